The van der Waals surface area contributed by atoms with Crippen molar-refractivity contribution in [2.45, 2.75) is 32.2 Å². The lowest BCUT2D eigenvalue weighted by Gasteiger charge is -2.26. The minimum absolute atomic E-state index is 0. The Morgan fingerprint density at radius 1 is 1.40 bits per heavy atom. The number of nitro groups is 1. The fourth-order valence-electron chi connectivity index (χ4n) is 1.62. The summed E-state index contributed by atoms with van der Waals surface area (Å²) >= 11 is 0. The van der Waals surface area contributed by atoms with Gasteiger partial charge < -0.3 is 11.1 Å². The highest BCUT2D eigenvalue weighted by Gasteiger charge is 2.21. The summed E-state index contributed by atoms with van der Waals surface area (Å²) in [6.07, 6.45) is 1.50. The molecule has 0 unspecified atom stereocenters. The number of carbonyl (C=O) groups is 1. The minimum Gasteiger partial charge on any atom is -0.350 e. The van der Waals surface area contributed by atoms with Crippen LogP contribution in [0, 0.1) is 10.1 Å². The molecule has 20 heavy (non-hydrogen) atoms. The molecule has 0 aliphatic carbocycles. The monoisotopic (exact) mass is 301 g/mol. The van der Waals surface area contributed by atoms with Crippen molar-refractivity contribution in [3.05, 3.63) is 39.9 Å². The van der Waals surface area contributed by atoms with E-state index < -0.39 is 10.5 Å². The van der Waals surface area contributed by atoms with Gasteiger partial charge >= 0.3 is 0 Å². The Kier molecular flexibility index (Phi) is 7.17. The summed E-state index contributed by atoms with van der Waals surface area (Å²) in [5.41, 5.74) is 5.81. The third-order valence-corrected chi connectivity index (χ3v) is 3.33. The lowest BCUT2D eigenvalue weighted by atomic mass is 9.94. The first-order chi connectivity index (χ1) is 8.91. The second kappa shape index (κ2) is 7.81. The maximum Gasteiger partial charge on any atom is 0.270 e. The summed E-state index contributed by atoms with van der Waals surface area (Å²) in [6.45, 7) is 4.27. The van der Waals surface area contributed by atoms with Crippen LogP contribution in [0.5, 0.6) is 0 Å². The number of nitro benzene ring substituents is 1. The average Bonchev–Trinajstić information content (AvgIpc) is 2.44. The topological polar surface area (TPSA) is 98.3 Å². The number of nitrogens with one attached hydrogen (secondary N) is 1. The smallest absolute Gasteiger partial charge is 0.270 e. The molecule has 1 rings (SSSR count). The summed E-state index contributed by atoms with van der Waals surface area (Å²) in [5.74, 6) is -0.347. The third-order valence-electron chi connectivity index (χ3n) is 3.33. The van der Waals surface area contributed by atoms with E-state index in [4.69, 9.17) is 5.73 Å². The van der Waals surface area contributed by atoms with E-state index in [1.54, 1.807) is 6.07 Å². The van der Waals surface area contributed by atoms with Gasteiger partial charge in [-0.1, -0.05) is 19.9 Å². The minimum atomic E-state index is -0.526. The number of benzene rings is 1. The maximum absolute atomic E-state index is 11.9. The molecule has 0 aliphatic rings. The second-order valence-corrected chi connectivity index (χ2v) is 4.56. The van der Waals surface area contributed by atoms with E-state index in [-0.39, 0.29) is 29.6 Å². The van der Waals surface area contributed by atoms with Gasteiger partial charge in [0, 0.05) is 29.8 Å². The van der Waals surface area contributed by atoms with Gasteiger partial charge in [-0.15, -0.1) is 12.4 Å². The quantitative estimate of drug-likeness (QED) is 0.622. The van der Waals surface area contributed by atoms with Crippen molar-refractivity contribution in [3.63, 3.8) is 0 Å². The van der Waals surface area contributed by atoms with Crippen LogP contribution in [0.1, 0.15) is 37.0 Å². The Labute approximate surface area is 124 Å². The van der Waals surface area contributed by atoms with Gasteiger partial charge in [-0.05, 0) is 18.9 Å². The van der Waals surface area contributed by atoms with Crippen LogP contribution in [-0.4, -0.2) is 22.9 Å². The molecule has 1 amide bonds. The van der Waals surface area contributed by atoms with E-state index in [9.17, 15) is 14.9 Å². The van der Waals surface area contributed by atoms with E-state index in [1.807, 2.05) is 13.8 Å². The highest BCUT2D eigenvalue weighted by atomic mass is 35.5. The Morgan fingerprint density at radius 2 is 2.00 bits per heavy atom. The molecule has 0 radical (unpaired) electrons. The zero-order valence-electron chi connectivity index (χ0n) is 11.6. The van der Waals surface area contributed by atoms with Crippen LogP contribution in [-0.2, 0) is 0 Å². The number of hydrogen-bond acceptors (Lipinski definition) is 4. The molecular weight excluding hydrogens is 282 g/mol. The first-order valence-corrected chi connectivity index (χ1v) is 6.23. The summed E-state index contributed by atoms with van der Waals surface area (Å²) in [7, 11) is 0. The fourth-order valence-corrected chi connectivity index (χ4v) is 1.62. The van der Waals surface area contributed by atoms with Crippen LogP contribution in [0.25, 0.3) is 0 Å². The van der Waals surface area contributed by atoms with Gasteiger partial charge in [0.25, 0.3) is 11.6 Å². The molecular formula is C13H20ClN3O3. The first-order valence-electron chi connectivity index (χ1n) is 6.23. The Bertz CT molecular complexity index is 476. The largest absolute Gasteiger partial charge is 0.350 e. The number of carbonyl (C=O) groups excluding carboxylic acids is 1. The molecule has 3 N–H and O–H groups in total. The van der Waals surface area contributed by atoms with Gasteiger partial charge in [0.05, 0.1) is 4.92 Å². The van der Waals surface area contributed by atoms with Crippen molar-refractivity contribution >= 4 is 24.0 Å². The molecule has 112 valence electrons. The number of rotatable bonds is 6. The number of hydrogen-bond donors (Lipinski definition) is 2. The molecule has 0 spiro atoms. The molecule has 0 bridgehead atoms. The van der Waals surface area contributed by atoms with Crippen molar-refractivity contribution in [2.75, 3.05) is 6.54 Å². The lowest BCUT2D eigenvalue weighted by molar-refractivity contribution is -0.384. The number of amides is 1. The molecule has 0 heterocycles. The normalized spacial score (nSPS) is 10.6. The zero-order chi connectivity index (χ0) is 14.5. The summed E-state index contributed by atoms with van der Waals surface area (Å²) in [6, 6.07) is 5.63. The Morgan fingerprint density at radius 3 is 2.50 bits per heavy atom. The van der Waals surface area contributed by atoms with Crippen LogP contribution in [0.3, 0.4) is 0 Å². The predicted molar refractivity (Wildman–Crippen MR) is 80.2 cm³/mol. The van der Waals surface area contributed by atoms with Crippen LogP contribution >= 0.6 is 12.4 Å². The number of halogens is 1. The average molecular weight is 302 g/mol. The molecule has 0 fully saturated rings. The van der Waals surface area contributed by atoms with Gasteiger partial charge in [-0.2, -0.15) is 0 Å². The van der Waals surface area contributed by atoms with Gasteiger partial charge in [0.1, 0.15) is 0 Å². The van der Waals surface area contributed by atoms with Gasteiger partial charge in [-0.25, -0.2) is 0 Å². The molecule has 0 atom stereocenters. The van der Waals surface area contributed by atoms with E-state index in [0.29, 0.717) is 6.54 Å². The van der Waals surface area contributed by atoms with Crippen LogP contribution < -0.4 is 11.1 Å². The fraction of sp³-hybridized carbons (Fsp3) is 0.462. The molecule has 0 aliphatic heterocycles. The highest BCUT2D eigenvalue weighted by molar-refractivity contribution is 5.94. The number of non-ortho nitro benzene ring substituents is 1. The predicted octanol–water partition coefficient (Wildman–Crippen LogP) is 2.26. The van der Waals surface area contributed by atoms with Gasteiger partial charge in [0.15, 0.2) is 0 Å². The number of nitrogens with zero attached hydrogens (tertiary/aromatic N) is 1. The van der Waals surface area contributed by atoms with Gasteiger partial charge in [-0.3, -0.25) is 14.9 Å². The van der Waals surface area contributed by atoms with Crippen molar-refractivity contribution in [3.8, 4) is 0 Å². The first kappa shape index (κ1) is 18.3. The molecule has 7 heteroatoms. The second-order valence-electron chi connectivity index (χ2n) is 4.56. The molecule has 1 aromatic rings. The third kappa shape index (κ3) is 4.79. The van der Waals surface area contributed by atoms with Gasteiger partial charge in [0.2, 0.25) is 0 Å². The standard InChI is InChI=1S/C13H19N3O3.ClH/c1-3-13(14,4-2)9-15-12(17)10-6-5-7-11(8-10)16(18)19;/h5-8H,3-4,9,14H2,1-2H3,(H,15,17);1H. The van der Waals surface area contributed by atoms with E-state index in [1.165, 1.54) is 18.2 Å². The van der Waals surface area contributed by atoms with E-state index in [2.05, 4.69) is 5.32 Å². The maximum atomic E-state index is 11.9. The van der Waals surface area contributed by atoms with Crippen molar-refractivity contribution in [2.24, 2.45) is 5.73 Å². The summed E-state index contributed by atoms with van der Waals surface area (Å²) in [5, 5.41) is 13.4. The molecule has 6 nitrogen and oxygen atoms in total. The molecule has 0 aromatic heterocycles. The highest BCUT2D eigenvalue weighted by Crippen LogP contribution is 2.14. The van der Waals surface area contributed by atoms with Crippen LogP contribution in [0.2, 0.25) is 0 Å². The lowest BCUT2D eigenvalue weighted by Crippen LogP contribution is -2.49. The van der Waals surface area contributed by atoms with Crippen LogP contribution in [0.4, 0.5) is 5.69 Å². The SMILES string of the molecule is CCC(N)(CC)CNC(=O)c1cccc([N+](=O)[O-])c1.Cl. The Hall–Kier alpha value is -1.66. The van der Waals surface area contributed by atoms with Crippen molar-refractivity contribution in [1.29, 1.82) is 0 Å². The molecule has 1 aromatic carbocycles. The zero-order valence-corrected chi connectivity index (χ0v) is 12.4. The molecule has 0 saturated carbocycles. The number of nitrogens with two attached hydrogens (primary N) is 1. The van der Waals surface area contributed by atoms with Crippen molar-refractivity contribution < 1.29 is 9.72 Å². The van der Waals surface area contributed by atoms with Crippen molar-refractivity contribution in [1.82, 2.24) is 5.32 Å². The Balaban J connectivity index is 0.00000361. The molecule has 0 saturated heterocycles. The van der Waals surface area contributed by atoms with E-state index >= 15 is 0 Å². The van der Waals surface area contributed by atoms with Crippen LogP contribution in [0.15, 0.2) is 24.3 Å². The summed E-state index contributed by atoms with van der Waals surface area (Å²) < 4.78 is 0. The summed E-state index contributed by atoms with van der Waals surface area (Å²) in [4.78, 5) is 22.0. The van der Waals surface area contributed by atoms with E-state index in [0.717, 1.165) is 12.8 Å².